The Morgan fingerprint density at radius 3 is 2.43 bits per heavy atom. The van der Waals surface area contributed by atoms with Crippen LogP contribution < -0.4 is 14.5 Å². The highest BCUT2D eigenvalue weighted by molar-refractivity contribution is 6.76. The number of nitrogens with zero attached hydrogens (tertiary/aromatic N) is 8. The number of likely N-dealkylation sites (N-methyl/N-ethyl adjacent to an activating group) is 1. The largest absolute Gasteiger partial charge is 0.462 e. The Kier molecular flexibility index (Phi) is 10.7. The van der Waals surface area contributed by atoms with Crippen molar-refractivity contribution in [2.75, 3.05) is 76.4 Å². The Labute approximate surface area is 281 Å². The van der Waals surface area contributed by atoms with Gasteiger partial charge in [0.2, 0.25) is 0 Å². The number of anilines is 2. The fraction of sp³-hybridized carbons (Fsp3) is 0.647. The molecule has 1 aromatic carbocycles. The Hall–Kier alpha value is -3.42. The number of aromatic nitrogens is 4. The van der Waals surface area contributed by atoms with Gasteiger partial charge in [-0.2, -0.15) is 15.1 Å². The Morgan fingerprint density at radius 2 is 1.74 bits per heavy atom. The van der Waals surface area contributed by atoms with Crippen molar-refractivity contribution >= 4 is 36.6 Å². The topological polar surface area (TPSA) is 101 Å². The van der Waals surface area contributed by atoms with Crippen LogP contribution in [0.4, 0.5) is 16.3 Å². The van der Waals surface area contributed by atoms with E-state index in [1.807, 2.05) is 45.7 Å². The molecule has 0 N–H and O–H groups in total. The summed E-state index contributed by atoms with van der Waals surface area (Å²) >= 11 is 0. The minimum absolute atomic E-state index is 0.267. The van der Waals surface area contributed by atoms with E-state index in [-0.39, 0.29) is 6.09 Å². The predicted octanol–water partition coefficient (Wildman–Crippen LogP) is 5.01. The van der Waals surface area contributed by atoms with Crippen LogP contribution in [0.1, 0.15) is 37.6 Å². The van der Waals surface area contributed by atoms with E-state index in [9.17, 15) is 4.79 Å². The molecule has 3 aromatic rings. The number of carbonyl (C=O) groups is 1. The summed E-state index contributed by atoms with van der Waals surface area (Å²) in [6.07, 6.45) is 2.51. The number of rotatable bonds is 11. The van der Waals surface area contributed by atoms with E-state index in [0.717, 1.165) is 60.1 Å². The lowest BCUT2D eigenvalue weighted by molar-refractivity contribution is 0.0240. The number of benzene rings is 1. The van der Waals surface area contributed by atoms with Gasteiger partial charge < -0.3 is 33.8 Å². The smallest absolute Gasteiger partial charge is 0.410 e. The van der Waals surface area contributed by atoms with Gasteiger partial charge >= 0.3 is 12.1 Å². The molecular weight excluding hydrogens is 613 g/mol. The highest BCUT2D eigenvalue weighted by atomic mass is 28.3. The predicted molar refractivity (Wildman–Crippen MR) is 189 cm³/mol. The molecule has 0 saturated carbocycles. The summed E-state index contributed by atoms with van der Waals surface area (Å²) in [5.74, 6) is 0.913. The number of fused-ring (bicyclic) bond motifs is 2. The van der Waals surface area contributed by atoms with E-state index in [1.165, 1.54) is 11.3 Å². The summed E-state index contributed by atoms with van der Waals surface area (Å²) in [6, 6.07) is 5.86. The summed E-state index contributed by atoms with van der Waals surface area (Å²) in [4.78, 5) is 31.2. The van der Waals surface area contributed by atoms with Crippen LogP contribution in [0, 0.1) is 6.92 Å². The van der Waals surface area contributed by atoms with Gasteiger partial charge in [0, 0.05) is 64.9 Å². The molecule has 1 fully saturated rings. The summed E-state index contributed by atoms with van der Waals surface area (Å²) in [7, 11) is 2.89. The van der Waals surface area contributed by atoms with Gasteiger partial charge in [0.05, 0.1) is 29.6 Å². The maximum Gasteiger partial charge on any atom is 0.410 e. The number of piperazine rings is 1. The molecule has 2 aliphatic heterocycles. The Morgan fingerprint density at radius 1 is 1.00 bits per heavy atom. The molecule has 258 valence electrons. The van der Waals surface area contributed by atoms with Crippen LogP contribution >= 0.6 is 0 Å². The molecule has 47 heavy (non-hydrogen) atoms. The first-order chi connectivity index (χ1) is 22.2. The molecule has 4 heterocycles. The van der Waals surface area contributed by atoms with E-state index in [0.29, 0.717) is 52.1 Å². The molecule has 1 amide bonds. The molecule has 2 aliphatic rings. The number of hydrogen-bond acceptors (Lipinski definition) is 10. The van der Waals surface area contributed by atoms with Crippen LogP contribution in [0.5, 0.6) is 6.01 Å². The normalized spacial score (nSPS) is 15.8. The SMILES string of the molecule is Cc1ccc2c(cnn2COCC[Si](C)(C)C)c1N1CCc2c(nc(OCCN(C)C)nc2N2CCN(C(=O)OC(C)(C)C)CC2)C1. The van der Waals surface area contributed by atoms with Crippen LogP contribution in [-0.4, -0.2) is 116 Å². The van der Waals surface area contributed by atoms with Crippen LogP contribution in [0.3, 0.4) is 0 Å². The van der Waals surface area contributed by atoms with Crippen molar-refractivity contribution < 1.29 is 19.0 Å². The van der Waals surface area contributed by atoms with Gasteiger partial charge in [-0.05, 0) is 65.9 Å². The molecule has 0 atom stereocenters. The molecule has 0 unspecified atom stereocenters. The van der Waals surface area contributed by atoms with Gasteiger partial charge in [-0.1, -0.05) is 25.7 Å². The molecule has 5 rings (SSSR count). The first-order valence-electron chi connectivity index (χ1n) is 16.9. The zero-order chi connectivity index (χ0) is 33.9. The maximum atomic E-state index is 12.7. The summed E-state index contributed by atoms with van der Waals surface area (Å²) in [5.41, 5.74) is 5.08. The van der Waals surface area contributed by atoms with Crippen LogP contribution in [0.15, 0.2) is 18.3 Å². The maximum absolute atomic E-state index is 12.7. The van der Waals surface area contributed by atoms with E-state index in [4.69, 9.17) is 29.3 Å². The average Bonchev–Trinajstić information content (AvgIpc) is 3.40. The van der Waals surface area contributed by atoms with E-state index < -0.39 is 13.7 Å². The minimum Gasteiger partial charge on any atom is -0.462 e. The van der Waals surface area contributed by atoms with Gasteiger partial charge in [-0.25, -0.2) is 9.48 Å². The lowest BCUT2D eigenvalue weighted by atomic mass is 10.0. The number of carbonyl (C=O) groups excluding carboxylic acids is 1. The first-order valence-corrected chi connectivity index (χ1v) is 20.6. The molecule has 1 saturated heterocycles. The van der Waals surface area contributed by atoms with E-state index in [1.54, 1.807) is 4.90 Å². The Balaban J connectivity index is 1.37. The molecule has 2 aromatic heterocycles. The minimum atomic E-state index is -1.16. The zero-order valence-corrected chi connectivity index (χ0v) is 30.9. The second kappa shape index (κ2) is 14.4. The lowest BCUT2D eigenvalue weighted by Crippen LogP contribution is -2.50. The van der Waals surface area contributed by atoms with Crippen LogP contribution in [0.2, 0.25) is 25.7 Å². The Bertz CT molecular complexity index is 1540. The van der Waals surface area contributed by atoms with Gasteiger partial charge in [-0.3, -0.25) is 0 Å². The first kappa shape index (κ1) is 34.9. The quantitative estimate of drug-likeness (QED) is 0.205. The molecular formula is C34H54N8O4Si. The van der Waals surface area contributed by atoms with Crippen molar-refractivity contribution in [1.29, 1.82) is 0 Å². The number of ether oxygens (including phenoxy) is 3. The third-order valence-electron chi connectivity index (χ3n) is 8.55. The summed E-state index contributed by atoms with van der Waals surface area (Å²) in [5, 5.41) is 5.85. The second-order valence-electron chi connectivity index (χ2n) is 15.2. The average molecular weight is 667 g/mol. The molecule has 0 bridgehead atoms. The van der Waals surface area contributed by atoms with Crippen LogP contribution in [-0.2, 0) is 29.2 Å². The highest BCUT2D eigenvalue weighted by Gasteiger charge is 2.31. The van der Waals surface area contributed by atoms with Crippen LogP contribution in [0.25, 0.3) is 10.9 Å². The van der Waals surface area contributed by atoms with Crippen molar-refractivity contribution in [2.24, 2.45) is 0 Å². The number of amides is 1. The molecule has 12 nitrogen and oxygen atoms in total. The zero-order valence-electron chi connectivity index (χ0n) is 29.9. The van der Waals surface area contributed by atoms with E-state index in [2.05, 4.69) is 53.4 Å². The van der Waals surface area contributed by atoms with Gasteiger partial charge in [0.25, 0.3) is 0 Å². The lowest BCUT2D eigenvalue weighted by Gasteiger charge is -2.38. The highest BCUT2D eigenvalue weighted by Crippen LogP contribution is 2.36. The van der Waals surface area contributed by atoms with Crippen molar-refractivity contribution in [3.8, 4) is 6.01 Å². The fourth-order valence-electron chi connectivity index (χ4n) is 5.95. The number of hydrogen-bond donors (Lipinski definition) is 0. The fourth-order valence-corrected chi connectivity index (χ4v) is 6.71. The standard InChI is InChI=1S/C34H54N8O4Si/c1-25-10-11-29-27(22-35-42(29)24-44-20-21-47(7,8)9)30(25)41-13-12-26-28(23-41)36-32(45-19-18-38(5)6)37-31(26)39-14-16-40(17-15-39)33(43)46-34(2,3)4/h10-11,22H,12-21,23-24H2,1-9H3. The number of aryl methyl sites for hydroxylation is 1. The van der Waals surface area contributed by atoms with Gasteiger partial charge in [0.1, 0.15) is 24.8 Å². The van der Waals surface area contributed by atoms with E-state index >= 15 is 0 Å². The molecule has 0 spiro atoms. The molecule has 0 radical (unpaired) electrons. The monoisotopic (exact) mass is 666 g/mol. The molecule has 0 aliphatic carbocycles. The van der Waals surface area contributed by atoms with Gasteiger partial charge in [0.15, 0.2) is 0 Å². The summed E-state index contributed by atoms with van der Waals surface area (Å²) < 4.78 is 19.8. The van der Waals surface area contributed by atoms with Gasteiger partial charge in [-0.15, -0.1) is 0 Å². The van der Waals surface area contributed by atoms with Crippen molar-refractivity contribution in [1.82, 2.24) is 29.5 Å². The molecule has 13 heteroatoms. The van der Waals surface area contributed by atoms with Crippen molar-refractivity contribution in [3.63, 3.8) is 0 Å². The second-order valence-corrected chi connectivity index (χ2v) is 20.8. The van der Waals surface area contributed by atoms with Crippen molar-refractivity contribution in [3.05, 3.63) is 35.2 Å². The van der Waals surface area contributed by atoms with Crippen molar-refractivity contribution in [2.45, 2.75) is 78.7 Å². The summed E-state index contributed by atoms with van der Waals surface area (Å²) in [6.45, 7) is 21.4. The third kappa shape index (κ3) is 8.93. The third-order valence-corrected chi connectivity index (χ3v) is 10.3.